The molecule has 19 heavy (non-hydrogen) atoms. The van der Waals surface area contributed by atoms with Crippen LogP contribution in [0.1, 0.15) is 52.9 Å². The zero-order valence-corrected chi connectivity index (χ0v) is 12.5. The Morgan fingerprint density at radius 2 is 2.21 bits per heavy atom. The minimum absolute atomic E-state index is 0.101. The maximum Gasteiger partial charge on any atom is 0.223 e. The number of carbonyl (C=O) groups is 1. The second kappa shape index (κ2) is 8.54. The molecule has 0 aromatic rings. The number of carbonyl (C=O) groups excluding carboxylic acids is 1. The van der Waals surface area contributed by atoms with Crippen LogP contribution >= 0.6 is 0 Å². The normalized spacial score (nSPS) is 26.7. The zero-order valence-electron chi connectivity index (χ0n) is 12.5. The third-order valence-electron chi connectivity index (χ3n) is 3.72. The van der Waals surface area contributed by atoms with E-state index in [0.717, 1.165) is 32.1 Å². The quantitative estimate of drug-likeness (QED) is 0.745. The smallest absolute Gasteiger partial charge is 0.223 e. The fourth-order valence-corrected chi connectivity index (χ4v) is 2.73. The van der Waals surface area contributed by atoms with E-state index in [2.05, 4.69) is 19.2 Å². The summed E-state index contributed by atoms with van der Waals surface area (Å²) in [5.41, 5.74) is 0. The molecule has 1 aliphatic rings. The van der Waals surface area contributed by atoms with E-state index in [4.69, 9.17) is 4.74 Å². The van der Waals surface area contributed by atoms with Gasteiger partial charge in [0.15, 0.2) is 0 Å². The van der Waals surface area contributed by atoms with Crippen molar-refractivity contribution in [1.82, 2.24) is 5.32 Å². The van der Waals surface area contributed by atoms with Gasteiger partial charge in [-0.15, -0.1) is 0 Å². The van der Waals surface area contributed by atoms with Crippen molar-refractivity contribution in [2.45, 2.75) is 65.1 Å². The van der Waals surface area contributed by atoms with Gasteiger partial charge in [0.1, 0.15) is 0 Å². The van der Waals surface area contributed by atoms with Crippen molar-refractivity contribution in [2.75, 3.05) is 13.2 Å². The van der Waals surface area contributed by atoms with Gasteiger partial charge in [-0.3, -0.25) is 4.79 Å². The van der Waals surface area contributed by atoms with Crippen molar-refractivity contribution < 1.29 is 14.6 Å². The Hall–Kier alpha value is -0.610. The predicted molar refractivity (Wildman–Crippen MR) is 75.8 cm³/mol. The van der Waals surface area contributed by atoms with Crippen molar-refractivity contribution in [1.29, 1.82) is 0 Å². The van der Waals surface area contributed by atoms with Gasteiger partial charge in [0.05, 0.1) is 12.2 Å². The molecule has 1 aliphatic heterocycles. The molecular weight excluding hydrogens is 242 g/mol. The third kappa shape index (κ3) is 6.39. The van der Waals surface area contributed by atoms with E-state index < -0.39 is 0 Å². The molecule has 4 atom stereocenters. The molecule has 112 valence electrons. The largest absolute Gasteiger partial charge is 0.393 e. The van der Waals surface area contributed by atoms with Crippen LogP contribution < -0.4 is 5.32 Å². The number of aliphatic hydroxyl groups excluding tert-OH is 1. The van der Waals surface area contributed by atoms with E-state index in [1.807, 2.05) is 0 Å². The molecule has 2 N–H and O–H groups in total. The molecule has 1 rings (SSSR count). The van der Waals surface area contributed by atoms with Crippen LogP contribution in [0.3, 0.4) is 0 Å². The molecule has 0 aromatic heterocycles. The fraction of sp³-hybridized carbons (Fsp3) is 0.933. The Morgan fingerprint density at radius 3 is 2.84 bits per heavy atom. The molecule has 0 aliphatic carbocycles. The van der Waals surface area contributed by atoms with Gasteiger partial charge in [-0.25, -0.2) is 0 Å². The van der Waals surface area contributed by atoms with E-state index in [1.54, 1.807) is 6.92 Å². The molecule has 1 amide bonds. The predicted octanol–water partition coefficient (Wildman–Crippen LogP) is 2.10. The number of ether oxygens (including phenoxy) is 1. The van der Waals surface area contributed by atoms with Gasteiger partial charge in [-0.1, -0.05) is 20.3 Å². The maximum absolute atomic E-state index is 12.1. The Bertz CT molecular complexity index is 266. The lowest BCUT2D eigenvalue weighted by Gasteiger charge is -2.29. The molecule has 0 saturated carbocycles. The van der Waals surface area contributed by atoms with Crippen molar-refractivity contribution in [3.63, 3.8) is 0 Å². The Labute approximate surface area is 116 Å². The molecule has 4 unspecified atom stereocenters. The summed E-state index contributed by atoms with van der Waals surface area (Å²) in [5, 5.41) is 12.3. The van der Waals surface area contributed by atoms with Crippen LogP contribution in [0, 0.1) is 11.8 Å². The standard InChI is InChI=1S/C15H29NO3/c1-4-5-14-9-13(6-7-19-14)15(18)16-10-11(2)8-12(3)17/h11-14,17H,4-10H2,1-3H3,(H,16,18). The lowest BCUT2D eigenvalue weighted by molar-refractivity contribution is -0.130. The van der Waals surface area contributed by atoms with E-state index in [-0.39, 0.29) is 24.0 Å². The summed E-state index contributed by atoms with van der Waals surface area (Å²) in [4.78, 5) is 12.1. The average Bonchev–Trinajstić information content (AvgIpc) is 2.36. The molecule has 1 fully saturated rings. The monoisotopic (exact) mass is 271 g/mol. The van der Waals surface area contributed by atoms with Gasteiger partial charge in [0.2, 0.25) is 5.91 Å². The molecule has 4 heteroatoms. The van der Waals surface area contributed by atoms with Gasteiger partial charge in [0, 0.05) is 19.1 Å². The topological polar surface area (TPSA) is 58.6 Å². The summed E-state index contributed by atoms with van der Waals surface area (Å²) < 4.78 is 5.66. The number of nitrogens with one attached hydrogen (secondary N) is 1. The second-order valence-corrected chi connectivity index (χ2v) is 5.94. The number of amides is 1. The number of rotatable bonds is 7. The van der Waals surface area contributed by atoms with Crippen LogP contribution in [0.4, 0.5) is 0 Å². The van der Waals surface area contributed by atoms with E-state index in [1.165, 1.54) is 0 Å². The Morgan fingerprint density at radius 1 is 1.47 bits per heavy atom. The van der Waals surface area contributed by atoms with Crippen molar-refractivity contribution in [3.8, 4) is 0 Å². The number of aliphatic hydroxyl groups is 1. The molecule has 0 aromatic carbocycles. The van der Waals surface area contributed by atoms with Gasteiger partial charge in [-0.05, 0) is 38.5 Å². The first kappa shape index (κ1) is 16.4. The first-order valence-corrected chi connectivity index (χ1v) is 7.60. The highest BCUT2D eigenvalue weighted by molar-refractivity contribution is 5.78. The van der Waals surface area contributed by atoms with Gasteiger partial charge in [-0.2, -0.15) is 0 Å². The summed E-state index contributed by atoms with van der Waals surface area (Å²) in [7, 11) is 0. The minimum atomic E-state index is -0.302. The highest BCUT2D eigenvalue weighted by Gasteiger charge is 2.27. The Kier molecular flexibility index (Phi) is 7.39. The SMILES string of the molecule is CCCC1CC(C(=O)NCC(C)CC(C)O)CCO1. The van der Waals surface area contributed by atoms with Crippen LogP contribution in [0.15, 0.2) is 0 Å². The number of hydrogen-bond donors (Lipinski definition) is 2. The van der Waals surface area contributed by atoms with Gasteiger partial charge in [0.25, 0.3) is 0 Å². The maximum atomic E-state index is 12.1. The summed E-state index contributed by atoms with van der Waals surface area (Å²) in [6.45, 7) is 7.33. The molecule has 4 nitrogen and oxygen atoms in total. The first-order valence-electron chi connectivity index (χ1n) is 7.60. The first-order chi connectivity index (χ1) is 9.02. The highest BCUT2D eigenvalue weighted by atomic mass is 16.5. The second-order valence-electron chi connectivity index (χ2n) is 5.94. The summed E-state index contributed by atoms with van der Waals surface area (Å²) in [6, 6.07) is 0. The van der Waals surface area contributed by atoms with Crippen LogP contribution in [0.5, 0.6) is 0 Å². The minimum Gasteiger partial charge on any atom is -0.393 e. The summed E-state index contributed by atoms with van der Waals surface area (Å²) in [6.07, 6.45) is 4.51. The third-order valence-corrected chi connectivity index (χ3v) is 3.72. The molecular formula is C15H29NO3. The van der Waals surface area contributed by atoms with E-state index in [9.17, 15) is 9.90 Å². The van der Waals surface area contributed by atoms with Gasteiger partial charge < -0.3 is 15.2 Å². The lowest BCUT2D eigenvalue weighted by atomic mass is 9.92. The zero-order chi connectivity index (χ0) is 14.3. The van der Waals surface area contributed by atoms with Crippen LogP contribution in [0.2, 0.25) is 0 Å². The van der Waals surface area contributed by atoms with E-state index >= 15 is 0 Å². The molecule has 0 bridgehead atoms. The highest BCUT2D eigenvalue weighted by Crippen LogP contribution is 2.23. The molecule has 0 radical (unpaired) electrons. The average molecular weight is 271 g/mol. The fourth-order valence-electron chi connectivity index (χ4n) is 2.73. The summed E-state index contributed by atoms with van der Waals surface area (Å²) in [5.74, 6) is 0.570. The van der Waals surface area contributed by atoms with Gasteiger partial charge >= 0.3 is 0 Å². The van der Waals surface area contributed by atoms with Crippen LogP contribution in [-0.4, -0.2) is 36.4 Å². The summed E-state index contributed by atoms with van der Waals surface area (Å²) >= 11 is 0. The Balaban J connectivity index is 2.28. The van der Waals surface area contributed by atoms with Crippen LogP contribution in [-0.2, 0) is 9.53 Å². The lowest BCUT2D eigenvalue weighted by Crippen LogP contribution is -2.39. The van der Waals surface area contributed by atoms with Crippen LogP contribution in [0.25, 0.3) is 0 Å². The van der Waals surface area contributed by atoms with Crippen molar-refractivity contribution >= 4 is 5.91 Å². The van der Waals surface area contributed by atoms with Crippen molar-refractivity contribution in [2.24, 2.45) is 11.8 Å². The van der Waals surface area contributed by atoms with Crippen molar-refractivity contribution in [3.05, 3.63) is 0 Å². The molecule has 1 heterocycles. The number of hydrogen-bond acceptors (Lipinski definition) is 3. The van der Waals surface area contributed by atoms with E-state index in [0.29, 0.717) is 19.1 Å². The molecule has 1 saturated heterocycles. The molecule has 0 spiro atoms.